The molecule has 1 fully saturated rings. The van der Waals surface area contributed by atoms with Crippen LogP contribution in [0.2, 0.25) is 0 Å². The fourth-order valence-corrected chi connectivity index (χ4v) is 9.45. The number of esters is 1. The van der Waals surface area contributed by atoms with Crippen molar-refractivity contribution >= 4 is 13.8 Å². The highest BCUT2D eigenvalue weighted by molar-refractivity contribution is 7.47. The molecule has 0 radical (unpaired) electrons. The molecule has 0 aromatic heterocycles. The molecule has 6 unspecified atom stereocenters. The zero-order valence-corrected chi connectivity index (χ0v) is 44.5. The number of allylic oxidation sites excluding steroid dienone is 8. The minimum absolute atomic E-state index is 0.0806. The van der Waals surface area contributed by atoms with Gasteiger partial charge in [0.1, 0.15) is 42.7 Å². The molecule has 0 saturated heterocycles. The minimum atomic E-state index is -5.03. The van der Waals surface area contributed by atoms with Crippen LogP contribution >= 0.6 is 7.82 Å². The van der Waals surface area contributed by atoms with Crippen LogP contribution in [0.15, 0.2) is 48.6 Å². The molecular weight excluding hydrogens is 896 g/mol. The second kappa shape index (κ2) is 46.1. The Balaban J connectivity index is 2.29. The first-order valence-corrected chi connectivity index (χ1v) is 29.5. The molecule has 0 spiro atoms. The van der Waals surface area contributed by atoms with Gasteiger partial charge >= 0.3 is 13.8 Å². The number of hydrogen-bond acceptors (Lipinski definition) is 11. The lowest BCUT2D eigenvalue weighted by Gasteiger charge is -2.41. The maximum Gasteiger partial charge on any atom is 0.472 e. The number of hydrogen-bond donors (Lipinski definition) is 6. The molecule has 1 rings (SSSR count). The van der Waals surface area contributed by atoms with E-state index in [-0.39, 0.29) is 13.0 Å². The largest absolute Gasteiger partial charge is 0.472 e. The molecule has 12 nitrogen and oxygen atoms in total. The van der Waals surface area contributed by atoms with E-state index in [1.54, 1.807) is 0 Å². The van der Waals surface area contributed by atoms with Crippen LogP contribution in [0.5, 0.6) is 0 Å². The monoisotopic (exact) mass is 999 g/mol. The van der Waals surface area contributed by atoms with Gasteiger partial charge in [0, 0.05) is 13.0 Å². The predicted molar refractivity (Wildman–Crippen MR) is 281 cm³/mol. The molecule has 6 N–H and O–H groups in total. The molecule has 6 atom stereocenters. The van der Waals surface area contributed by atoms with Crippen molar-refractivity contribution < 1.29 is 58.3 Å². The van der Waals surface area contributed by atoms with E-state index in [9.17, 15) is 39.8 Å². The number of aliphatic hydroxyl groups is 5. The Morgan fingerprint density at radius 2 is 0.812 bits per heavy atom. The topological polar surface area (TPSA) is 192 Å². The van der Waals surface area contributed by atoms with Gasteiger partial charge in [-0.05, 0) is 77.0 Å². The number of rotatable bonds is 48. The summed E-state index contributed by atoms with van der Waals surface area (Å²) in [4.78, 5) is 23.3. The first-order valence-electron chi connectivity index (χ1n) is 28.0. The van der Waals surface area contributed by atoms with E-state index < -0.39 is 63.1 Å². The SMILES string of the molecule is CCCCCC/C=C\C/C=C\CCCCCCCCCC(=O)OC(COCCCCCCCCCCCCCC/C=C\C/C=C\CCCCCCC)COP(=O)(O)OC1C(O)C(O)C(O)C(O)C1O. The van der Waals surface area contributed by atoms with Crippen molar-refractivity contribution in [2.45, 2.75) is 281 Å². The molecule has 0 bridgehead atoms. The lowest BCUT2D eigenvalue weighted by atomic mass is 9.85. The van der Waals surface area contributed by atoms with Crippen molar-refractivity contribution in [3.63, 3.8) is 0 Å². The molecule has 404 valence electrons. The molecule has 1 saturated carbocycles. The smallest absolute Gasteiger partial charge is 0.457 e. The second-order valence-electron chi connectivity index (χ2n) is 19.4. The highest BCUT2D eigenvalue weighted by Crippen LogP contribution is 2.47. The molecule has 0 aliphatic heterocycles. The summed E-state index contributed by atoms with van der Waals surface area (Å²) in [5.74, 6) is -0.484. The highest BCUT2D eigenvalue weighted by atomic mass is 31.2. The number of phosphoric acid groups is 1. The van der Waals surface area contributed by atoms with E-state index in [0.717, 1.165) is 64.2 Å². The van der Waals surface area contributed by atoms with E-state index in [4.69, 9.17) is 18.5 Å². The molecule has 0 aromatic rings. The number of phosphoric ester groups is 1. The molecule has 1 aliphatic rings. The molecule has 69 heavy (non-hydrogen) atoms. The van der Waals surface area contributed by atoms with Crippen LogP contribution in [-0.2, 0) is 27.9 Å². The minimum Gasteiger partial charge on any atom is -0.457 e. The van der Waals surface area contributed by atoms with Crippen LogP contribution in [-0.4, -0.2) is 98.9 Å². The van der Waals surface area contributed by atoms with Gasteiger partial charge in [0.25, 0.3) is 0 Å². The Kier molecular flexibility index (Phi) is 43.6. The summed E-state index contributed by atoms with van der Waals surface area (Å²) >= 11 is 0. The third-order valence-corrected chi connectivity index (χ3v) is 13.9. The molecule has 13 heteroatoms. The Hall–Kier alpha value is -1.70. The average Bonchev–Trinajstić information content (AvgIpc) is 3.34. The third kappa shape index (κ3) is 37.7. The van der Waals surface area contributed by atoms with Gasteiger partial charge in [-0.2, -0.15) is 0 Å². The Bertz CT molecular complexity index is 1320. The van der Waals surface area contributed by atoms with Gasteiger partial charge in [0.05, 0.1) is 13.2 Å². The molecule has 1 aliphatic carbocycles. The first kappa shape index (κ1) is 65.3. The number of aliphatic hydroxyl groups excluding tert-OH is 5. The maximum absolute atomic E-state index is 12.9. The van der Waals surface area contributed by atoms with E-state index in [1.807, 2.05) is 0 Å². The van der Waals surface area contributed by atoms with Crippen molar-refractivity contribution in [1.82, 2.24) is 0 Å². The number of carbonyl (C=O) groups is 1. The van der Waals surface area contributed by atoms with Gasteiger partial charge in [0.15, 0.2) is 0 Å². The van der Waals surface area contributed by atoms with E-state index in [1.165, 1.54) is 148 Å². The van der Waals surface area contributed by atoms with Crippen LogP contribution in [0.3, 0.4) is 0 Å². The number of carbonyl (C=O) groups excluding carboxylic acids is 1. The van der Waals surface area contributed by atoms with E-state index >= 15 is 0 Å². The summed E-state index contributed by atoms with van der Waals surface area (Å²) in [6.45, 7) is 4.25. The standard InChI is InChI=1S/C56H103O12P/c1-3-5-7-9-11-13-15-17-19-21-23-24-25-26-27-28-30-32-34-36-38-40-42-44-46-65-47-49(48-66-69(63,64)68-56-54(61)52(59)51(58)53(60)55(56)62)67-50(57)45-43-41-39-37-35-33-31-29-22-20-18-16-14-12-10-8-6-4-2/h14-17,20-23,49,51-56,58-62H,3-13,18-19,24-48H2,1-2H3,(H,63,64)/b16-14-,17-15-,22-20-,23-21-. The normalized spacial score (nSPS) is 21.3. The van der Waals surface area contributed by atoms with Gasteiger partial charge in [-0.25, -0.2) is 4.57 Å². The number of unbranched alkanes of at least 4 members (excludes halogenated alkanes) is 28. The van der Waals surface area contributed by atoms with Crippen molar-refractivity contribution in [1.29, 1.82) is 0 Å². The lowest BCUT2D eigenvalue weighted by molar-refractivity contribution is -0.220. The van der Waals surface area contributed by atoms with Gasteiger partial charge in [-0.15, -0.1) is 0 Å². The van der Waals surface area contributed by atoms with Gasteiger partial charge in [0.2, 0.25) is 0 Å². The summed E-state index contributed by atoms with van der Waals surface area (Å²) in [7, 11) is -5.03. The summed E-state index contributed by atoms with van der Waals surface area (Å²) in [6.07, 6.45) is 46.0. The van der Waals surface area contributed by atoms with Crippen LogP contribution in [0.4, 0.5) is 0 Å². The van der Waals surface area contributed by atoms with E-state index in [2.05, 4.69) is 62.5 Å². The number of ether oxygens (including phenoxy) is 2. The van der Waals surface area contributed by atoms with Crippen LogP contribution in [0.1, 0.15) is 239 Å². The third-order valence-electron chi connectivity index (χ3n) is 12.9. The average molecular weight is 999 g/mol. The predicted octanol–water partition coefficient (Wildman–Crippen LogP) is 13.2. The maximum atomic E-state index is 12.9. The summed E-state index contributed by atoms with van der Waals surface area (Å²) in [5.41, 5.74) is 0. The van der Waals surface area contributed by atoms with Gasteiger partial charge in [-0.1, -0.05) is 204 Å². The molecule has 0 aromatic carbocycles. The Morgan fingerprint density at radius 1 is 0.464 bits per heavy atom. The fourth-order valence-electron chi connectivity index (χ4n) is 8.48. The van der Waals surface area contributed by atoms with Crippen LogP contribution in [0, 0.1) is 0 Å². The van der Waals surface area contributed by atoms with Crippen molar-refractivity contribution in [2.24, 2.45) is 0 Å². The Morgan fingerprint density at radius 3 is 1.23 bits per heavy atom. The summed E-state index contributed by atoms with van der Waals surface area (Å²) in [6, 6.07) is 0. The summed E-state index contributed by atoms with van der Waals surface area (Å²) < 4.78 is 34.4. The lowest BCUT2D eigenvalue weighted by Crippen LogP contribution is -2.64. The first-order chi connectivity index (χ1) is 33.5. The molecular formula is C56H103O12P. The fraction of sp³-hybridized carbons (Fsp3) is 0.839. The van der Waals surface area contributed by atoms with Crippen LogP contribution in [0.25, 0.3) is 0 Å². The van der Waals surface area contributed by atoms with Crippen LogP contribution < -0.4 is 0 Å². The van der Waals surface area contributed by atoms with Crippen molar-refractivity contribution in [3.8, 4) is 0 Å². The van der Waals surface area contributed by atoms with Crippen molar-refractivity contribution in [3.05, 3.63) is 48.6 Å². The highest BCUT2D eigenvalue weighted by Gasteiger charge is 2.51. The molecule has 0 heterocycles. The second-order valence-corrected chi connectivity index (χ2v) is 20.8. The van der Waals surface area contributed by atoms with Gasteiger partial charge in [-0.3, -0.25) is 13.8 Å². The molecule has 0 amide bonds. The van der Waals surface area contributed by atoms with Gasteiger partial charge < -0.3 is 39.9 Å². The zero-order chi connectivity index (χ0) is 50.5. The summed E-state index contributed by atoms with van der Waals surface area (Å²) in [5, 5.41) is 50.4. The quantitative estimate of drug-likeness (QED) is 0.0146. The van der Waals surface area contributed by atoms with Crippen molar-refractivity contribution in [2.75, 3.05) is 19.8 Å². The Labute approximate surface area is 420 Å². The van der Waals surface area contributed by atoms with E-state index in [0.29, 0.717) is 13.0 Å². The zero-order valence-electron chi connectivity index (χ0n) is 43.6.